The van der Waals surface area contributed by atoms with Crippen LogP contribution in [0.15, 0.2) is 36.4 Å². The van der Waals surface area contributed by atoms with Crippen molar-refractivity contribution in [2.45, 2.75) is 47.0 Å². The molecule has 0 saturated heterocycles. The summed E-state index contributed by atoms with van der Waals surface area (Å²) in [7, 11) is 0. The molecule has 0 heteroatoms. The monoisotopic (exact) mass is 300 g/mol. The highest BCUT2D eigenvalue weighted by Gasteiger charge is 2.38. The van der Waals surface area contributed by atoms with Crippen LogP contribution in [-0.2, 0) is 5.41 Å². The fraction of sp³-hybridized carbons (Fsp3) is 0.304. The lowest BCUT2D eigenvalue weighted by atomic mass is 9.80. The van der Waals surface area contributed by atoms with E-state index in [1.807, 2.05) is 0 Å². The van der Waals surface area contributed by atoms with E-state index in [1.54, 1.807) is 0 Å². The van der Waals surface area contributed by atoms with Crippen molar-refractivity contribution < 1.29 is 0 Å². The smallest absolute Gasteiger partial charge is 0.0159 e. The quantitative estimate of drug-likeness (QED) is 0.452. The van der Waals surface area contributed by atoms with Gasteiger partial charge in [-0.3, -0.25) is 0 Å². The number of benzene rings is 3. The van der Waals surface area contributed by atoms with Crippen LogP contribution >= 0.6 is 0 Å². The van der Waals surface area contributed by atoms with Crippen molar-refractivity contribution in [1.29, 1.82) is 0 Å². The first kappa shape index (κ1) is 14.5. The summed E-state index contributed by atoms with van der Waals surface area (Å²) in [5, 5.41) is 2.79. The molecule has 1 aliphatic rings. The molecule has 0 aromatic heterocycles. The standard InChI is InChI=1S/C23H24/c1-13-11-19-21(16(4)15(13)3)22-18-10-8-7-9-17(18)14(2)12-20(22)23(19,5)6/h7-12H,1-6H3. The first-order valence-corrected chi connectivity index (χ1v) is 8.48. The molecule has 0 atom stereocenters. The molecule has 116 valence electrons. The highest BCUT2D eigenvalue weighted by atomic mass is 14.4. The Bertz CT molecular complexity index is 971. The van der Waals surface area contributed by atoms with E-state index in [-0.39, 0.29) is 5.41 Å². The molecule has 0 fully saturated rings. The summed E-state index contributed by atoms with van der Waals surface area (Å²) in [5.41, 5.74) is 11.6. The van der Waals surface area contributed by atoms with E-state index in [0.717, 1.165) is 0 Å². The van der Waals surface area contributed by atoms with E-state index in [0.29, 0.717) is 0 Å². The van der Waals surface area contributed by atoms with E-state index in [1.165, 1.54) is 55.3 Å². The lowest BCUT2D eigenvalue weighted by Gasteiger charge is -2.23. The third-order valence-electron chi connectivity index (χ3n) is 6.01. The molecule has 0 bridgehead atoms. The lowest BCUT2D eigenvalue weighted by Crippen LogP contribution is -2.15. The van der Waals surface area contributed by atoms with Crippen LogP contribution < -0.4 is 0 Å². The Morgan fingerprint density at radius 2 is 1.22 bits per heavy atom. The fourth-order valence-electron chi connectivity index (χ4n) is 4.36. The van der Waals surface area contributed by atoms with Gasteiger partial charge in [-0.1, -0.05) is 50.2 Å². The number of hydrogen-bond acceptors (Lipinski definition) is 0. The third-order valence-corrected chi connectivity index (χ3v) is 6.01. The van der Waals surface area contributed by atoms with Crippen LogP contribution in [0.3, 0.4) is 0 Å². The molecule has 0 amide bonds. The fourth-order valence-corrected chi connectivity index (χ4v) is 4.36. The van der Waals surface area contributed by atoms with Crippen LogP contribution in [0, 0.1) is 27.7 Å². The molecule has 1 aliphatic carbocycles. The van der Waals surface area contributed by atoms with E-state index in [2.05, 4.69) is 77.9 Å². The molecule has 0 spiro atoms. The molecule has 0 radical (unpaired) electrons. The summed E-state index contributed by atoms with van der Waals surface area (Å²) in [6, 6.07) is 13.7. The van der Waals surface area contributed by atoms with Crippen molar-refractivity contribution in [2.24, 2.45) is 0 Å². The highest BCUT2D eigenvalue weighted by molar-refractivity contribution is 6.04. The maximum absolute atomic E-state index is 2.42. The predicted molar refractivity (Wildman–Crippen MR) is 100 cm³/mol. The van der Waals surface area contributed by atoms with Crippen molar-refractivity contribution in [3.8, 4) is 11.1 Å². The second kappa shape index (κ2) is 4.47. The predicted octanol–water partition coefficient (Wildman–Crippen LogP) is 6.38. The van der Waals surface area contributed by atoms with Crippen LogP contribution in [0.25, 0.3) is 21.9 Å². The van der Waals surface area contributed by atoms with Crippen molar-refractivity contribution in [3.05, 3.63) is 69.8 Å². The molecule has 0 saturated carbocycles. The van der Waals surface area contributed by atoms with Gasteiger partial charge in [-0.2, -0.15) is 0 Å². The molecule has 3 aromatic carbocycles. The molecule has 23 heavy (non-hydrogen) atoms. The van der Waals surface area contributed by atoms with Crippen molar-refractivity contribution in [2.75, 3.05) is 0 Å². The summed E-state index contributed by atoms with van der Waals surface area (Å²) in [4.78, 5) is 0. The van der Waals surface area contributed by atoms with Gasteiger partial charge in [0.2, 0.25) is 0 Å². The Balaban J connectivity index is 2.27. The maximum atomic E-state index is 2.42. The second-order valence-corrected chi connectivity index (χ2v) is 7.65. The lowest BCUT2D eigenvalue weighted by molar-refractivity contribution is 0.659. The topological polar surface area (TPSA) is 0 Å². The van der Waals surface area contributed by atoms with E-state index in [4.69, 9.17) is 0 Å². The van der Waals surface area contributed by atoms with Crippen molar-refractivity contribution in [1.82, 2.24) is 0 Å². The molecular weight excluding hydrogens is 276 g/mol. The Labute approximate surface area is 139 Å². The molecule has 4 rings (SSSR count). The highest BCUT2D eigenvalue weighted by Crippen LogP contribution is 2.53. The number of fused-ring (bicyclic) bond motifs is 5. The summed E-state index contributed by atoms with van der Waals surface area (Å²) >= 11 is 0. The normalized spacial score (nSPS) is 14.9. The van der Waals surface area contributed by atoms with E-state index < -0.39 is 0 Å². The van der Waals surface area contributed by atoms with Crippen LogP contribution in [0.1, 0.15) is 47.2 Å². The minimum Gasteiger partial charge on any atom is -0.0616 e. The number of aryl methyl sites for hydroxylation is 2. The van der Waals surface area contributed by atoms with Gasteiger partial charge in [0, 0.05) is 5.41 Å². The summed E-state index contributed by atoms with van der Waals surface area (Å²) in [6.45, 7) is 13.8. The first-order chi connectivity index (χ1) is 10.8. The van der Waals surface area contributed by atoms with Gasteiger partial charge in [0.15, 0.2) is 0 Å². The van der Waals surface area contributed by atoms with Gasteiger partial charge in [-0.15, -0.1) is 0 Å². The Hall–Kier alpha value is -2.08. The van der Waals surface area contributed by atoms with Gasteiger partial charge in [0.1, 0.15) is 0 Å². The summed E-state index contributed by atoms with van der Waals surface area (Å²) in [6.07, 6.45) is 0. The van der Waals surface area contributed by atoms with Crippen LogP contribution in [-0.4, -0.2) is 0 Å². The zero-order chi connectivity index (χ0) is 16.5. The van der Waals surface area contributed by atoms with E-state index >= 15 is 0 Å². The Morgan fingerprint density at radius 1 is 0.652 bits per heavy atom. The minimum absolute atomic E-state index is 0.0721. The third kappa shape index (κ3) is 1.72. The Kier molecular flexibility index (Phi) is 2.82. The van der Waals surface area contributed by atoms with Gasteiger partial charge in [-0.25, -0.2) is 0 Å². The number of hydrogen-bond donors (Lipinski definition) is 0. The zero-order valence-electron chi connectivity index (χ0n) is 15.0. The molecule has 0 N–H and O–H groups in total. The molecule has 0 heterocycles. The Morgan fingerprint density at radius 3 is 1.91 bits per heavy atom. The van der Waals surface area contributed by atoms with Crippen LogP contribution in [0.4, 0.5) is 0 Å². The van der Waals surface area contributed by atoms with Gasteiger partial charge >= 0.3 is 0 Å². The zero-order valence-corrected chi connectivity index (χ0v) is 15.0. The largest absolute Gasteiger partial charge is 0.0616 e. The van der Waals surface area contributed by atoms with E-state index in [9.17, 15) is 0 Å². The molecule has 0 aliphatic heterocycles. The average Bonchev–Trinajstić information content (AvgIpc) is 2.74. The summed E-state index contributed by atoms with van der Waals surface area (Å²) < 4.78 is 0. The molecular formula is C23H24. The van der Waals surface area contributed by atoms with Crippen LogP contribution in [0.5, 0.6) is 0 Å². The van der Waals surface area contributed by atoms with Crippen LogP contribution in [0.2, 0.25) is 0 Å². The minimum atomic E-state index is 0.0721. The van der Waals surface area contributed by atoms with Gasteiger partial charge in [0.25, 0.3) is 0 Å². The van der Waals surface area contributed by atoms with Gasteiger partial charge < -0.3 is 0 Å². The molecule has 0 unspecified atom stereocenters. The van der Waals surface area contributed by atoms with Gasteiger partial charge in [0.05, 0.1) is 0 Å². The van der Waals surface area contributed by atoms with Crippen molar-refractivity contribution >= 4 is 10.8 Å². The first-order valence-electron chi connectivity index (χ1n) is 8.48. The molecule has 3 aromatic rings. The summed E-state index contributed by atoms with van der Waals surface area (Å²) in [5.74, 6) is 0. The average molecular weight is 300 g/mol. The SMILES string of the molecule is Cc1cc2c(c(C)c1C)-c1c(cc(C)c3ccccc13)C2(C)C. The maximum Gasteiger partial charge on any atom is 0.0159 e. The second-order valence-electron chi connectivity index (χ2n) is 7.65. The molecule has 0 nitrogen and oxygen atoms in total. The van der Waals surface area contributed by atoms with Gasteiger partial charge in [-0.05, 0) is 83.0 Å². The van der Waals surface area contributed by atoms with Crippen molar-refractivity contribution in [3.63, 3.8) is 0 Å². The number of rotatable bonds is 0.